The van der Waals surface area contributed by atoms with Crippen LogP contribution in [0.5, 0.6) is 0 Å². The topological polar surface area (TPSA) is 40.6 Å². The molecule has 0 saturated carbocycles. The summed E-state index contributed by atoms with van der Waals surface area (Å²) < 4.78 is 14.3. The summed E-state index contributed by atoms with van der Waals surface area (Å²) in [6.07, 6.45) is 2.09. The smallest absolute Gasteiger partial charge is 0.269 e. The van der Waals surface area contributed by atoms with Gasteiger partial charge in [0.1, 0.15) is 5.82 Å². The van der Waals surface area contributed by atoms with E-state index in [1.807, 2.05) is 33.8 Å². The highest BCUT2D eigenvalue weighted by molar-refractivity contribution is 8.02. The third kappa shape index (κ3) is 2.35. The molecule has 1 saturated heterocycles. The Morgan fingerprint density at radius 3 is 2.53 bits per heavy atom. The minimum atomic E-state index is -1.26. The number of rotatable bonds is 1. The van der Waals surface area contributed by atoms with Gasteiger partial charge in [0.05, 0.1) is 22.0 Å². The van der Waals surface area contributed by atoms with Gasteiger partial charge in [-0.15, -0.1) is 11.8 Å². The van der Waals surface area contributed by atoms with Gasteiger partial charge in [-0.25, -0.2) is 4.39 Å². The van der Waals surface area contributed by atoms with E-state index in [9.17, 15) is 14.0 Å². The lowest BCUT2D eigenvalue weighted by Crippen LogP contribution is -2.54. The van der Waals surface area contributed by atoms with E-state index in [4.69, 9.17) is 11.6 Å². The summed E-state index contributed by atoms with van der Waals surface area (Å²) >= 11 is 7.16. The maximum absolute atomic E-state index is 14.3. The minimum Gasteiger partial charge on any atom is -0.299 e. The summed E-state index contributed by atoms with van der Waals surface area (Å²) in [5, 5.41) is -0.0242. The van der Waals surface area contributed by atoms with E-state index < -0.39 is 16.2 Å². The monoisotopic (exact) mass is 442 g/mol. The van der Waals surface area contributed by atoms with Crippen LogP contribution in [-0.2, 0) is 14.5 Å². The normalized spacial score (nSPS) is 24.0. The summed E-state index contributed by atoms with van der Waals surface area (Å²) in [6, 6.07) is 8.30. The van der Waals surface area contributed by atoms with Gasteiger partial charge < -0.3 is 0 Å². The first kappa shape index (κ1) is 19.6. The Morgan fingerprint density at radius 1 is 1.10 bits per heavy atom. The number of hydrogen-bond donors (Lipinski definition) is 0. The molecule has 0 unspecified atom stereocenters. The fourth-order valence-electron chi connectivity index (χ4n) is 4.95. The Labute approximate surface area is 183 Å². The molecule has 3 heterocycles. The lowest BCUT2D eigenvalue weighted by atomic mass is 9.88. The van der Waals surface area contributed by atoms with Crippen molar-refractivity contribution in [1.82, 2.24) is 0 Å². The highest BCUT2D eigenvalue weighted by Gasteiger charge is 2.64. The van der Waals surface area contributed by atoms with Gasteiger partial charge in [0.2, 0.25) is 10.8 Å². The van der Waals surface area contributed by atoms with Crippen molar-refractivity contribution in [3.63, 3.8) is 0 Å². The van der Waals surface area contributed by atoms with Crippen molar-refractivity contribution in [2.24, 2.45) is 0 Å². The first-order valence-electron chi connectivity index (χ1n) is 9.69. The summed E-state index contributed by atoms with van der Waals surface area (Å²) in [5.41, 5.74) is 4.51. The van der Waals surface area contributed by atoms with Crippen LogP contribution in [0.4, 0.5) is 15.8 Å². The molecule has 0 bridgehead atoms. The van der Waals surface area contributed by atoms with Crippen LogP contribution in [-0.4, -0.2) is 23.1 Å². The molecule has 1 fully saturated rings. The van der Waals surface area contributed by atoms with Crippen molar-refractivity contribution >= 4 is 52.1 Å². The van der Waals surface area contributed by atoms with Gasteiger partial charge >= 0.3 is 0 Å². The summed E-state index contributed by atoms with van der Waals surface area (Å²) in [6.45, 7) is 8.02. The number of carbonyl (C=O) groups is 2. The number of halogens is 2. The molecule has 3 aliphatic rings. The number of nitrogens with zero attached hydrogens (tertiary/aromatic N) is 2. The van der Waals surface area contributed by atoms with Crippen molar-refractivity contribution in [3.05, 3.63) is 63.9 Å². The average molecular weight is 443 g/mol. The number of allylic oxidation sites excluding steroid dienone is 1. The van der Waals surface area contributed by atoms with Gasteiger partial charge in [-0.3, -0.25) is 19.4 Å². The van der Waals surface area contributed by atoms with Gasteiger partial charge in [-0.2, -0.15) is 0 Å². The first-order valence-corrected chi connectivity index (χ1v) is 11.1. The molecule has 0 aromatic heterocycles. The van der Waals surface area contributed by atoms with E-state index in [-0.39, 0.29) is 22.6 Å². The van der Waals surface area contributed by atoms with Crippen LogP contribution in [0.3, 0.4) is 0 Å². The maximum Gasteiger partial charge on any atom is 0.269 e. The molecular formula is C23H20ClFN2O2S. The molecule has 1 atom stereocenters. The zero-order chi connectivity index (χ0) is 21.6. The molecule has 154 valence electrons. The predicted molar refractivity (Wildman–Crippen MR) is 119 cm³/mol. The summed E-state index contributed by atoms with van der Waals surface area (Å²) in [4.78, 5) is 29.1. The van der Waals surface area contributed by atoms with Crippen molar-refractivity contribution in [1.29, 1.82) is 0 Å². The van der Waals surface area contributed by atoms with Crippen molar-refractivity contribution in [3.8, 4) is 0 Å². The van der Waals surface area contributed by atoms with Crippen LogP contribution in [0.25, 0.3) is 5.57 Å². The van der Waals surface area contributed by atoms with E-state index in [2.05, 4.69) is 12.1 Å². The quantitative estimate of drug-likeness (QED) is 0.604. The Hall–Kier alpha value is -2.31. The molecule has 2 aromatic carbocycles. The summed E-state index contributed by atoms with van der Waals surface area (Å²) in [5.74, 6) is -0.889. The second-order valence-electron chi connectivity index (χ2n) is 8.59. The average Bonchev–Trinajstić information content (AvgIpc) is 3.13. The number of thioether (sulfide) groups is 1. The van der Waals surface area contributed by atoms with Crippen LogP contribution in [0.1, 0.15) is 37.5 Å². The molecule has 3 aliphatic heterocycles. The lowest BCUT2D eigenvalue weighted by Gasteiger charge is -2.40. The molecule has 0 aliphatic carbocycles. The molecule has 5 rings (SSSR count). The highest BCUT2D eigenvalue weighted by Crippen LogP contribution is 2.60. The molecule has 30 heavy (non-hydrogen) atoms. The van der Waals surface area contributed by atoms with Crippen molar-refractivity contribution < 1.29 is 14.0 Å². The van der Waals surface area contributed by atoms with Gasteiger partial charge in [0.25, 0.3) is 5.91 Å². The second kappa shape index (κ2) is 6.11. The van der Waals surface area contributed by atoms with Gasteiger partial charge in [0, 0.05) is 16.8 Å². The Balaban J connectivity index is 1.82. The molecule has 1 spiro atoms. The minimum absolute atomic E-state index is 0.0242. The number of anilines is 2. The number of carbonyl (C=O) groups excluding carboxylic acids is 2. The molecule has 0 radical (unpaired) electrons. The summed E-state index contributed by atoms with van der Waals surface area (Å²) in [7, 11) is 0. The van der Waals surface area contributed by atoms with E-state index in [0.717, 1.165) is 28.0 Å². The Morgan fingerprint density at radius 2 is 1.83 bits per heavy atom. The number of hydrogen-bond acceptors (Lipinski definition) is 3. The SMILES string of the molecule is CC1=CC(C)(C)N2C(=O)[C@@]3(SCC(=O)N3c3ccc(Cl)c(F)c3)c3cc(C)cc1c32. The van der Waals surface area contributed by atoms with Crippen molar-refractivity contribution in [2.75, 3.05) is 15.6 Å². The van der Waals surface area contributed by atoms with E-state index in [0.29, 0.717) is 5.69 Å². The second-order valence-corrected chi connectivity index (χ2v) is 10.2. The zero-order valence-corrected chi connectivity index (χ0v) is 18.6. The van der Waals surface area contributed by atoms with Gasteiger partial charge in [-0.1, -0.05) is 23.7 Å². The zero-order valence-electron chi connectivity index (χ0n) is 17.0. The Kier molecular flexibility index (Phi) is 4.00. The molecule has 4 nitrogen and oxygen atoms in total. The third-order valence-corrected chi connectivity index (χ3v) is 7.73. The van der Waals surface area contributed by atoms with E-state index in [1.54, 1.807) is 11.0 Å². The third-order valence-electron chi connectivity index (χ3n) is 6.04. The largest absolute Gasteiger partial charge is 0.299 e. The molecule has 7 heteroatoms. The van der Waals surface area contributed by atoms with E-state index >= 15 is 0 Å². The fourth-order valence-corrected chi connectivity index (χ4v) is 6.39. The van der Waals surface area contributed by atoms with Crippen LogP contribution in [0.2, 0.25) is 5.02 Å². The van der Waals surface area contributed by atoms with Crippen LogP contribution < -0.4 is 9.80 Å². The number of benzene rings is 2. The predicted octanol–water partition coefficient (Wildman–Crippen LogP) is 5.26. The molecular weight excluding hydrogens is 423 g/mol. The van der Waals surface area contributed by atoms with E-state index in [1.165, 1.54) is 28.8 Å². The maximum atomic E-state index is 14.3. The van der Waals surface area contributed by atoms with Crippen LogP contribution in [0, 0.1) is 12.7 Å². The number of amides is 2. The van der Waals surface area contributed by atoms with Gasteiger partial charge in [-0.05, 0) is 63.1 Å². The van der Waals surface area contributed by atoms with Crippen LogP contribution >= 0.6 is 23.4 Å². The highest BCUT2D eigenvalue weighted by atomic mass is 35.5. The van der Waals surface area contributed by atoms with Crippen molar-refractivity contribution in [2.45, 2.75) is 38.1 Å². The Bertz CT molecular complexity index is 1190. The standard InChI is InChI=1S/C23H20ClFN2O2S/c1-12-7-15-13(2)10-22(3,4)27-20(15)16(8-12)23(21(27)29)26(19(28)11-30-23)14-5-6-17(24)18(25)9-14/h5-10H,11H2,1-4H3/t23-/m0/s1. The van der Waals surface area contributed by atoms with Gasteiger partial charge in [0.15, 0.2) is 0 Å². The lowest BCUT2D eigenvalue weighted by molar-refractivity contribution is -0.124. The number of aryl methyl sites for hydroxylation is 1. The van der Waals surface area contributed by atoms with Crippen LogP contribution in [0.15, 0.2) is 36.4 Å². The number of fused-ring (bicyclic) bond motifs is 1. The molecule has 2 aromatic rings. The fraction of sp³-hybridized carbons (Fsp3) is 0.304. The first-order chi connectivity index (χ1) is 14.1. The molecule has 2 amide bonds. The molecule has 0 N–H and O–H groups in total.